The lowest BCUT2D eigenvalue weighted by atomic mass is 9.81. The van der Waals surface area contributed by atoms with Crippen molar-refractivity contribution in [2.45, 2.75) is 47.1 Å². The number of benzene rings is 1. The number of ether oxygens (including phenoxy) is 2. The second-order valence-electron chi connectivity index (χ2n) is 8.23. The average Bonchev–Trinajstić information content (AvgIpc) is 3.15. The standard InChI is InChI=1S/C24H28N2O4/c1-15(2)30-20-12-17(9-10-19(20)28-6)23-26-18(14-29-23)13-24(4,5)22(27)21-16(3)8-7-11-25-21/h7-12,14-15H,13H2,1-6H3. The third kappa shape index (κ3) is 4.70. The number of aryl methyl sites for hydroxylation is 1. The monoisotopic (exact) mass is 408 g/mol. The van der Waals surface area contributed by atoms with Crippen molar-refractivity contribution >= 4 is 5.78 Å². The molecule has 0 unspecified atom stereocenters. The van der Waals surface area contributed by atoms with Crippen molar-refractivity contribution in [3.63, 3.8) is 0 Å². The van der Waals surface area contributed by atoms with Gasteiger partial charge in [0.25, 0.3) is 0 Å². The lowest BCUT2D eigenvalue weighted by Crippen LogP contribution is -2.28. The van der Waals surface area contributed by atoms with Crippen LogP contribution in [0.3, 0.4) is 0 Å². The Bertz CT molecular complexity index is 1040. The van der Waals surface area contributed by atoms with Crippen LogP contribution in [0, 0.1) is 12.3 Å². The van der Waals surface area contributed by atoms with Crippen LogP contribution in [0.4, 0.5) is 0 Å². The highest BCUT2D eigenvalue weighted by Gasteiger charge is 2.32. The van der Waals surface area contributed by atoms with Gasteiger partial charge in [-0.2, -0.15) is 0 Å². The minimum absolute atomic E-state index is 0.0103. The van der Waals surface area contributed by atoms with E-state index in [9.17, 15) is 4.79 Å². The fraction of sp³-hybridized carbons (Fsp3) is 0.375. The average molecular weight is 408 g/mol. The Morgan fingerprint density at radius 1 is 1.20 bits per heavy atom. The van der Waals surface area contributed by atoms with Crippen molar-refractivity contribution in [1.82, 2.24) is 9.97 Å². The summed E-state index contributed by atoms with van der Waals surface area (Å²) in [7, 11) is 1.61. The van der Waals surface area contributed by atoms with Gasteiger partial charge in [0, 0.05) is 23.6 Å². The molecule has 0 aliphatic carbocycles. The number of rotatable bonds is 8. The summed E-state index contributed by atoms with van der Waals surface area (Å²) in [6, 6.07) is 9.27. The van der Waals surface area contributed by atoms with E-state index in [0.29, 0.717) is 35.2 Å². The van der Waals surface area contributed by atoms with Crippen molar-refractivity contribution in [3.05, 3.63) is 59.7 Å². The first-order valence-electron chi connectivity index (χ1n) is 9.97. The number of methoxy groups -OCH3 is 1. The van der Waals surface area contributed by atoms with Crippen LogP contribution in [0.1, 0.15) is 49.4 Å². The van der Waals surface area contributed by atoms with Gasteiger partial charge in [-0.3, -0.25) is 9.78 Å². The van der Waals surface area contributed by atoms with Crippen molar-refractivity contribution in [3.8, 4) is 23.0 Å². The van der Waals surface area contributed by atoms with E-state index in [0.717, 1.165) is 11.1 Å². The van der Waals surface area contributed by atoms with Gasteiger partial charge in [0.1, 0.15) is 12.0 Å². The molecule has 0 amide bonds. The molecule has 1 aromatic carbocycles. The van der Waals surface area contributed by atoms with Crippen LogP contribution in [-0.4, -0.2) is 29.0 Å². The van der Waals surface area contributed by atoms with Gasteiger partial charge >= 0.3 is 0 Å². The predicted molar refractivity (Wildman–Crippen MR) is 115 cm³/mol. The lowest BCUT2D eigenvalue weighted by molar-refractivity contribution is 0.0830. The molecule has 2 aromatic heterocycles. The summed E-state index contributed by atoms with van der Waals surface area (Å²) in [5.74, 6) is 1.74. The molecule has 3 aromatic rings. The van der Waals surface area contributed by atoms with E-state index >= 15 is 0 Å². The summed E-state index contributed by atoms with van der Waals surface area (Å²) in [5.41, 5.74) is 2.18. The zero-order chi connectivity index (χ0) is 21.9. The van der Waals surface area contributed by atoms with Crippen LogP contribution in [0.2, 0.25) is 0 Å². The summed E-state index contributed by atoms with van der Waals surface area (Å²) in [4.78, 5) is 21.9. The van der Waals surface area contributed by atoms with Crippen LogP contribution in [0.5, 0.6) is 11.5 Å². The number of carbonyl (C=O) groups is 1. The topological polar surface area (TPSA) is 74.5 Å². The minimum atomic E-state index is -0.668. The number of hydrogen-bond donors (Lipinski definition) is 0. The van der Waals surface area contributed by atoms with Gasteiger partial charge in [0.15, 0.2) is 17.3 Å². The first-order valence-corrected chi connectivity index (χ1v) is 9.97. The molecule has 0 spiro atoms. The zero-order valence-electron chi connectivity index (χ0n) is 18.4. The molecule has 0 bridgehead atoms. The second kappa shape index (κ2) is 8.69. The van der Waals surface area contributed by atoms with E-state index < -0.39 is 5.41 Å². The lowest BCUT2D eigenvalue weighted by Gasteiger charge is -2.22. The van der Waals surface area contributed by atoms with Crippen LogP contribution < -0.4 is 9.47 Å². The Hall–Kier alpha value is -3.15. The van der Waals surface area contributed by atoms with E-state index in [4.69, 9.17) is 13.9 Å². The van der Waals surface area contributed by atoms with Crippen molar-refractivity contribution in [2.24, 2.45) is 5.41 Å². The third-order valence-electron chi connectivity index (χ3n) is 4.79. The Labute approximate surface area is 177 Å². The van der Waals surface area contributed by atoms with Gasteiger partial charge in [-0.25, -0.2) is 4.98 Å². The van der Waals surface area contributed by atoms with Gasteiger partial charge < -0.3 is 13.9 Å². The summed E-state index contributed by atoms with van der Waals surface area (Å²) in [6.45, 7) is 9.61. The molecule has 0 N–H and O–H groups in total. The van der Waals surface area contributed by atoms with Crippen LogP contribution in [-0.2, 0) is 6.42 Å². The van der Waals surface area contributed by atoms with E-state index in [2.05, 4.69) is 9.97 Å². The maximum atomic E-state index is 13.0. The van der Waals surface area contributed by atoms with E-state index in [1.54, 1.807) is 19.6 Å². The Kier molecular flexibility index (Phi) is 6.25. The van der Waals surface area contributed by atoms with E-state index in [-0.39, 0.29) is 11.9 Å². The quantitative estimate of drug-likeness (QED) is 0.471. The number of pyridine rings is 1. The molecule has 6 nitrogen and oxygen atoms in total. The molecule has 30 heavy (non-hydrogen) atoms. The predicted octanol–water partition coefficient (Wildman–Crippen LogP) is 5.29. The summed E-state index contributed by atoms with van der Waals surface area (Å²) in [5, 5.41) is 0. The van der Waals surface area contributed by atoms with Crippen molar-refractivity contribution in [2.75, 3.05) is 7.11 Å². The fourth-order valence-electron chi connectivity index (χ4n) is 3.25. The normalized spacial score (nSPS) is 11.6. The highest BCUT2D eigenvalue weighted by atomic mass is 16.5. The summed E-state index contributed by atoms with van der Waals surface area (Å²) < 4.78 is 16.9. The Morgan fingerprint density at radius 3 is 2.63 bits per heavy atom. The van der Waals surface area contributed by atoms with Gasteiger partial charge in [-0.1, -0.05) is 19.9 Å². The molecule has 0 aliphatic rings. The highest BCUT2D eigenvalue weighted by molar-refractivity contribution is 5.99. The second-order valence-corrected chi connectivity index (χ2v) is 8.23. The molecule has 0 fully saturated rings. The first-order chi connectivity index (χ1) is 14.2. The molecular formula is C24H28N2O4. The van der Waals surface area contributed by atoms with E-state index in [1.165, 1.54) is 0 Å². The molecule has 6 heteroatoms. The zero-order valence-corrected chi connectivity index (χ0v) is 18.4. The number of carbonyl (C=O) groups excluding carboxylic acids is 1. The molecular weight excluding hydrogens is 380 g/mol. The SMILES string of the molecule is COc1ccc(-c2nc(CC(C)(C)C(=O)c3ncccc3C)co2)cc1OC(C)C. The number of aromatic nitrogens is 2. The fourth-order valence-corrected chi connectivity index (χ4v) is 3.25. The largest absolute Gasteiger partial charge is 0.493 e. The minimum Gasteiger partial charge on any atom is -0.493 e. The van der Waals surface area contributed by atoms with Crippen LogP contribution >= 0.6 is 0 Å². The number of Topliss-reactive ketones (excluding diaryl/α,β-unsaturated/α-hetero) is 1. The molecule has 0 radical (unpaired) electrons. The van der Waals surface area contributed by atoms with Gasteiger partial charge in [0.2, 0.25) is 5.89 Å². The first kappa shape index (κ1) is 21.6. The summed E-state index contributed by atoms with van der Waals surface area (Å²) in [6.07, 6.45) is 3.70. The number of oxazole rings is 1. The summed E-state index contributed by atoms with van der Waals surface area (Å²) >= 11 is 0. The smallest absolute Gasteiger partial charge is 0.226 e. The van der Waals surface area contributed by atoms with Crippen LogP contribution in [0.15, 0.2) is 47.2 Å². The Balaban J connectivity index is 1.83. The molecule has 0 atom stereocenters. The highest BCUT2D eigenvalue weighted by Crippen LogP contribution is 2.34. The molecule has 2 heterocycles. The molecule has 0 saturated carbocycles. The van der Waals surface area contributed by atoms with Crippen molar-refractivity contribution < 1.29 is 18.7 Å². The maximum Gasteiger partial charge on any atom is 0.226 e. The van der Waals surface area contributed by atoms with Gasteiger partial charge in [-0.15, -0.1) is 0 Å². The van der Waals surface area contributed by atoms with Crippen molar-refractivity contribution in [1.29, 1.82) is 0 Å². The van der Waals surface area contributed by atoms with Gasteiger partial charge in [0.05, 0.1) is 18.9 Å². The third-order valence-corrected chi connectivity index (χ3v) is 4.79. The van der Waals surface area contributed by atoms with E-state index in [1.807, 2.05) is 65.0 Å². The van der Waals surface area contributed by atoms with Crippen LogP contribution in [0.25, 0.3) is 11.5 Å². The maximum absolute atomic E-state index is 13.0. The molecule has 3 rings (SSSR count). The number of nitrogens with zero attached hydrogens (tertiary/aromatic N) is 2. The Morgan fingerprint density at radius 2 is 1.97 bits per heavy atom. The molecule has 158 valence electrons. The van der Waals surface area contributed by atoms with Gasteiger partial charge in [-0.05, 0) is 50.6 Å². The number of ketones is 1. The molecule has 0 aliphatic heterocycles. The molecule has 0 saturated heterocycles. The number of hydrogen-bond acceptors (Lipinski definition) is 6.